The Morgan fingerprint density at radius 1 is 1.26 bits per heavy atom. The predicted octanol–water partition coefficient (Wildman–Crippen LogP) is 3.95. The molecule has 5 rings (SSSR count). The maximum absolute atomic E-state index is 12.4. The van der Waals surface area contributed by atoms with E-state index in [0.717, 1.165) is 47.2 Å². The third-order valence-electron chi connectivity index (χ3n) is 6.01. The van der Waals surface area contributed by atoms with Gasteiger partial charge in [-0.15, -0.1) is 0 Å². The number of benzene rings is 1. The van der Waals surface area contributed by atoms with Gasteiger partial charge < -0.3 is 15.6 Å². The highest BCUT2D eigenvalue weighted by atomic mass is 32.2. The van der Waals surface area contributed by atoms with E-state index >= 15 is 0 Å². The normalized spacial score (nSPS) is 15.9. The summed E-state index contributed by atoms with van der Waals surface area (Å²) in [6, 6.07) is 4.83. The molecule has 0 radical (unpaired) electrons. The lowest BCUT2D eigenvalue weighted by molar-refractivity contribution is 0.0994. The van der Waals surface area contributed by atoms with Gasteiger partial charge in [-0.1, -0.05) is 31.7 Å². The summed E-state index contributed by atoms with van der Waals surface area (Å²) in [7, 11) is 0. The number of nitrogens with one attached hydrogen (secondary N) is 1. The molecule has 0 unspecified atom stereocenters. The summed E-state index contributed by atoms with van der Waals surface area (Å²) < 4.78 is 2.14. The number of nitrogens with two attached hydrogens (primary N) is 1. The van der Waals surface area contributed by atoms with Crippen LogP contribution in [0.2, 0.25) is 0 Å². The Morgan fingerprint density at radius 2 is 2.10 bits per heavy atom. The second-order valence-corrected chi connectivity index (χ2v) is 9.80. The lowest BCUT2D eigenvalue weighted by Crippen LogP contribution is -2.24. The number of hydrogen-bond acceptors (Lipinski definition) is 7. The number of anilines is 1. The molecular formula is C23H28N6OS. The number of aromatic nitrogens is 4. The Labute approximate surface area is 186 Å². The Kier molecular flexibility index (Phi) is 5.44. The van der Waals surface area contributed by atoms with Crippen molar-refractivity contribution in [2.45, 2.75) is 74.5 Å². The van der Waals surface area contributed by atoms with Gasteiger partial charge in [0.2, 0.25) is 0 Å². The number of nitrogen functional groups attached to an aromatic ring is 1. The van der Waals surface area contributed by atoms with Crippen molar-refractivity contribution in [3.05, 3.63) is 35.2 Å². The van der Waals surface area contributed by atoms with Crippen LogP contribution in [0.1, 0.15) is 66.9 Å². The number of nitrogens with zero attached hydrogens (tertiary/aromatic N) is 4. The average molecular weight is 437 g/mol. The van der Waals surface area contributed by atoms with Crippen LogP contribution in [0.4, 0.5) is 5.82 Å². The Morgan fingerprint density at radius 3 is 2.87 bits per heavy atom. The average Bonchev–Trinajstić information content (AvgIpc) is 3.44. The van der Waals surface area contributed by atoms with Crippen molar-refractivity contribution in [1.29, 1.82) is 0 Å². The van der Waals surface area contributed by atoms with Crippen molar-refractivity contribution in [3.8, 4) is 0 Å². The highest BCUT2D eigenvalue weighted by Gasteiger charge is 2.31. The molecule has 1 aromatic carbocycles. The summed E-state index contributed by atoms with van der Waals surface area (Å²) in [6.45, 7) is 6.01. The van der Waals surface area contributed by atoms with Gasteiger partial charge in [-0.3, -0.25) is 4.79 Å². The molecule has 1 fully saturated rings. The fourth-order valence-corrected chi connectivity index (χ4v) is 5.38. The molecule has 0 saturated heterocycles. The van der Waals surface area contributed by atoms with Crippen LogP contribution >= 0.6 is 11.8 Å². The zero-order chi connectivity index (χ0) is 21.5. The molecule has 3 N–H and O–H groups in total. The van der Waals surface area contributed by atoms with E-state index in [1.54, 1.807) is 11.8 Å². The van der Waals surface area contributed by atoms with Crippen molar-refractivity contribution in [1.82, 2.24) is 24.8 Å². The standard InChI is InChI=1S/C23H28N6OS/c1-13(2)25-8-3-9-29-22-20(21(24)26-12-27-22)28-23(29)31-19-11-16-15(6-7-18(16)30)10-17(19)14-4-5-14/h10-14,25H,3-9H2,1-2H3,(H2,24,26,27). The second kappa shape index (κ2) is 8.24. The maximum Gasteiger partial charge on any atom is 0.175 e. The van der Waals surface area contributed by atoms with Crippen LogP contribution in [0.3, 0.4) is 0 Å². The topological polar surface area (TPSA) is 98.7 Å². The van der Waals surface area contributed by atoms with Gasteiger partial charge in [0, 0.05) is 29.5 Å². The molecule has 3 aromatic rings. The Hall–Kier alpha value is -2.45. The van der Waals surface area contributed by atoms with Gasteiger partial charge in [0.05, 0.1) is 0 Å². The van der Waals surface area contributed by atoms with E-state index < -0.39 is 0 Å². The van der Waals surface area contributed by atoms with Crippen molar-refractivity contribution in [2.24, 2.45) is 0 Å². The van der Waals surface area contributed by atoms with Gasteiger partial charge in [-0.05, 0) is 55.3 Å². The molecular weight excluding hydrogens is 408 g/mol. The number of Topliss-reactive ketones (excluding diaryl/α,β-unsaturated/α-hetero) is 1. The van der Waals surface area contributed by atoms with E-state index in [2.05, 4.69) is 45.8 Å². The minimum atomic E-state index is 0.252. The van der Waals surface area contributed by atoms with Crippen LogP contribution in [0, 0.1) is 0 Å². The van der Waals surface area contributed by atoms with Gasteiger partial charge >= 0.3 is 0 Å². The zero-order valence-electron chi connectivity index (χ0n) is 18.0. The van der Waals surface area contributed by atoms with Crippen LogP contribution in [0.5, 0.6) is 0 Å². The molecule has 0 spiro atoms. The summed E-state index contributed by atoms with van der Waals surface area (Å²) >= 11 is 1.63. The molecule has 0 aliphatic heterocycles. The second-order valence-electron chi connectivity index (χ2n) is 8.79. The van der Waals surface area contributed by atoms with Gasteiger partial charge in [0.1, 0.15) is 6.33 Å². The number of carbonyl (C=O) groups excluding carboxylic acids is 1. The summed E-state index contributed by atoms with van der Waals surface area (Å²) in [5.41, 5.74) is 11.0. The fraction of sp³-hybridized carbons (Fsp3) is 0.478. The van der Waals surface area contributed by atoms with Crippen molar-refractivity contribution >= 4 is 34.5 Å². The van der Waals surface area contributed by atoms with E-state index in [9.17, 15) is 4.79 Å². The first kappa shape index (κ1) is 20.5. The number of fused-ring (bicyclic) bond motifs is 2. The van der Waals surface area contributed by atoms with E-state index in [4.69, 9.17) is 10.7 Å². The predicted molar refractivity (Wildman–Crippen MR) is 123 cm³/mol. The first-order valence-electron chi connectivity index (χ1n) is 11.1. The first-order valence-corrected chi connectivity index (χ1v) is 11.9. The molecule has 7 nitrogen and oxygen atoms in total. The molecule has 0 atom stereocenters. The van der Waals surface area contributed by atoms with Gasteiger partial charge in [-0.25, -0.2) is 15.0 Å². The molecule has 0 bridgehead atoms. The van der Waals surface area contributed by atoms with Crippen LogP contribution in [-0.4, -0.2) is 37.9 Å². The molecule has 1 saturated carbocycles. The highest BCUT2D eigenvalue weighted by molar-refractivity contribution is 7.99. The molecule has 2 aliphatic rings. The maximum atomic E-state index is 12.4. The van der Waals surface area contributed by atoms with E-state index in [1.807, 2.05) is 0 Å². The summed E-state index contributed by atoms with van der Waals surface area (Å²) in [5.74, 6) is 1.25. The SMILES string of the molecule is CC(C)NCCCn1c(Sc2cc3c(cc2C2CC2)CCC3=O)nc2c(N)ncnc21. The molecule has 0 amide bonds. The minimum Gasteiger partial charge on any atom is -0.382 e. The number of hydrogen-bond donors (Lipinski definition) is 2. The molecule has 2 aliphatic carbocycles. The van der Waals surface area contributed by atoms with Crippen molar-refractivity contribution < 1.29 is 4.79 Å². The molecule has 162 valence electrons. The number of rotatable bonds is 8. The zero-order valence-corrected chi connectivity index (χ0v) is 18.8. The largest absolute Gasteiger partial charge is 0.382 e. The van der Waals surface area contributed by atoms with E-state index in [0.29, 0.717) is 29.7 Å². The van der Waals surface area contributed by atoms with Crippen molar-refractivity contribution in [3.63, 3.8) is 0 Å². The van der Waals surface area contributed by atoms with Crippen molar-refractivity contribution in [2.75, 3.05) is 12.3 Å². The van der Waals surface area contributed by atoms with E-state index in [-0.39, 0.29) is 5.78 Å². The van der Waals surface area contributed by atoms with Gasteiger partial charge in [-0.2, -0.15) is 0 Å². The van der Waals surface area contributed by atoms with E-state index in [1.165, 1.54) is 30.3 Å². The summed E-state index contributed by atoms with van der Waals surface area (Å²) in [6.07, 6.45) is 6.39. The van der Waals surface area contributed by atoms with Gasteiger partial charge in [0.25, 0.3) is 0 Å². The third kappa shape index (κ3) is 4.06. The number of imidazole rings is 1. The highest BCUT2D eigenvalue weighted by Crippen LogP contribution is 2.47. The van der Waals surface area contributed by atoms with Crippen LogP contribution in [0.15, 0.2) is 28.5 Å². The lowest BCUT2D eigenvalue weighted by atomic mass is 10.0. The summed E-state index contributed by atoms with van der Waals surface area (Å²) in [4.78, 5) is 26.9. The monoisotopic (exact) mass is 436 g/mol. The Balaban J connectivity index is 1.51. The fourth-order valence-electron chi connectivity index (χ4n) is 4.23. The summed E-state index contributed by atoms with van der Waals surface area (Å²) in [5, 5.41) is 4.33. The molecule has 31 heavy (non-hydrogen) atoms. The minimum absolute atomic E-state index is 0.252. The molecule has 2 heterocycles. The number of carbonyl (C=O) groups is 1. The lowest BCUT2D eigenvalue weighted by Gasteiger charge is -2.13. The Bertz CT molecular complexity index is 1150. The molecule has 2 aromatic heterocycles. The van der Waals surface area contributed by atoms with Gasteiger partial charge in [0.15, 0.2) is 27.9 Å². The molecule has 8 heteroatoms. The smallest absolute Gasteiger partial charge is 0.175 e. The quantitative estimate of drug-likeness (QED) is 0.516. The van der Waals surface area contributed by atoms with Crippen LogP contribution < -0.4 is 11.1 Å². The number of aryl methyl sites for hydroxylation is 2. The third-order valence-corrected chi connectivity index (χ3v) is 7.08. The first-order chi connectivity index (χ1) is 15.0. The van der Waals surface area contributed by atoms with Crippen LogP contribution in [-0.2, 0) is 13.0 Å². The van der Waals surface area contributed by atoms with Crippen LogP contribution in [0.25, 0.3) is 11.2 Å². The number of ketones is 1.